The highest BCUT2D eigenvalue weighted by molar-refractivity contribution is 5.32. The fourth-order valence-corrected chi connectivity index (χ4v) is 2.82. The topological polar surface area (TPSA) is 29.5 Å². The molecule has 0 aliphatic heterocycles. The summed E-state index contributed by atoms with van der Waals surface area (Å²) < 4.78 is 205. The van der Waals surface area contributed by atoms with Gasteiger partial charge >= 0.3 is 41.7 Å². The van der Waals surface area contributed by atoms with E-state index in [1.165, 1.54) is 19.9 Å². The largest absolute Gasteiger partial charge is 0.491 e. The van der Waals surface area contributed by atoms with Crippen molar-refractivity contribution in [3.8, 4) is 5.75 Å². The molecule has 0 saturated heterocycles. The van der Waals surface area contributed by atoms with E-state index in [9.17, 15) is 71.0 Å². The van der Waals surface area contributed by atoms with Gasteiger partial charge in [0.1, 0.15) is 5.75 Å². The number of alkyl halides is 15. The Kier molecular flexibility index (Phi) is 8.03. The number of benzene rings is 1. The molecule has 1 atom stereocenters. The normalized spacial score (nSPS) is 16.8. The van der Waals surface area contributed by atoms with Crippen LogP contribution in [0.5, 0.6) is 5.75 Å². The standard InChI is InChI=1S/C19H17F15O2/c1-9(2)36-11-6-4-5-10(7-11)12(3,35)8-13(20,21)14(22,23)15(24,25)16(26,27)17(28,29)18(30,31)19(32,33)34/h4-7,9,35H,8H2,1-3H3. The molecule has 1 unspecified atom stereocenters. The van der Waals surface area contributed by atoms with Crippen LogP contribution in [0.15, 0.2) is 24.3 Å². The van der Waals surface area contributed by atoms with Gasteiger partial charge in [0.2, 0.25) is 0 Å². The minimum absolute atomic E-state index is 0.177. The Morgan fingerprint density at radius 3 is 1.53 bits per heavy atom. The number of rotatable bonds is 10. The summed E-state index contributed by atoms with van der Waals surface area (Å²) in [6, 6.07) is 3.69. The van der Waals surface area contributed by atoms with Crippen LogP contribution in [0.1, 0.15) is 32.8 Å². The molecule has 0 amide bonds. The lowest BCUT2D eigenvalue weighted by molar-refractivity contribution is -0.453. The average molecular weight is 562 g/mol. The van der Waals surface area contributed by atoms with Crippen molar-refractivity contribution >= 4 is 0 Å². The fourth-order valence-electron chi connectivity index (χ4n) is 2.82. The van der Waals surface area contributed by atoms with Gasteiger partial charge < -0.3 is 9.84 Å². The maximum Gasteiger partial charge on any atom is 0.460 e. The smallest absolute Gasteiger partial charge is 0.460 e. The van der Waals surface area contributed by atoms with Gasteiger partial charge in [-0.1, -0.05) is 12.1 Å². The monoisotopic (exact) mass is 562 g/mol. The molecular formula is C19H17F15O2. The minimum atomic E-state index is -8.37. The van der Waals surface area contributed by atoms with Crippen molar-refractivity contribution in [1.29, 1.82) is 0 Å². The predicted molar refractivity (Wildman–Crippen MR) is 92.1 cm³/mol. The fraction of sp³-hybridized carbons (Fsp3) is 0.684. The van der Waals surface area contributed by atoms with E-state index in [0.29, 0.717) is 6.92 Å². The van der Waals surface area contributed by atoms with Gasteiger partial charge in [0.05, 0.1) is 18.1 Å². The lowest BCUT2D eigenvalue weighted by atomic mass is 9.83. The van der Waals surface area contributed by atoms with E-state index in [-0.39, 0.29) is 5.75 Å². The minimum Gasteiger partial charge on any atom is -0.491 e. The van der Waals surface area contributed by atoms with Crippen molar-refractivity contribution in [2.75, 3.05) is 0 Å². The van der Waals surface area contributed by atoms with Crippen molar-refractivity contribution in [3.63, 3.8) is 0 Å². The second kappa shape index (κ2) is 9.04. The van der Waals surface area contributed by atoms with Crippen molar-refractivity contribution in [1.82, 2.24) is 0 Å². The first-order valence-corrected chi connectivity index (χ1v) is 9.43. The van der Waals surface area contributed by atoms with Crippen LogP contribution in [0.4, 0.5) is 65.9 Å². The lowest BCUT2D eigenvalue weighted by Gasteiger charge is -2.42. The van der Waals surface area contributed by atoms with Gasteiger partial charge in [-0.3, -0.25) is 0 Å². The average Bonchev–Trinajstić information content (AvgIpc) is 2.65. The Bertz CT molecular complexity index is 920. The third-order valence-electron chi connectivity index (χ3n) is 4.79. The van der Waals surface area contributed by atoms with E-state index < -0.39 is 65.4 Å². The summed E-state index contributed by atoms with van der Waals surface area (Å²) in [6.45, 7) is 3.24. The third-order valence-corrected chi connectivity index (χ3v) is 4.79. The molecule has 36 heavy (non-hydrogen) atoms. The van der Waals surface area contributed by atoms with Crippen LogP contribution in [0, 0.1) is 0 Å². The summed E-state index contributed by atoms with van der Waals surface area (Å²) in [6.07, 6.45) is -11.1. The number of hydrogen-bond donors (Lipinski definition) is 1. The quantitative estimate of drug-likeness (QED) is 0.301. The summed E-state index contributed by atoms with van der Waals surface area (Å²) in [5.74, 6) is -47.4. The molecular weight excluding hydrogens is 545 g/mol. The van der Waals surface area contributed by atoms with Crippen LogP contribution in [-0.4, -0.2) is 52.9 Å². The molecule has 1 N–H and O–H groups in total. The summed E-state index contributed by atoms with van der Waals surface area (Å²) in [5, 5.41) is 10.2. The molecule has 0 aliphatic rings. The van der Waals surface area contributed by atoms with Crippen LogP contribution in [0.3, 0.4) is 0 Å². The molecule has 2 nitrogen and oxygen atoms in total. The highest BCUT2D eigenvalue weighted by Gasteiger charge is 2.93. The number of aliphatic hydroxyl groups is 1. The van der Waals surface area contributed by atoms with Crippen molar-refractivity contribution in [3.05, 3.63) is 29.8 Å². The molecule has 1 rings (SSSR count). The van der Waals surface area contributed by atoms with Gasteiger partial charge in [-0.25, -0.2) is 0 Å². The molecule has 0 aliphatic carbocycles. The second-order valence-electron chi connectivity index (χ2n) is 8.22. The van der Waals surface area contributed by atoms with Crippen molar-refractivity contribution in [2.24, 2.45) is 0 Å². The zero-order valence-electron chi connectivity index (χ0n) is 18.1. The molecule has 1 aromatic rings. The molecule has 0 radical (unpaired) electrons. The molecule has 210 valence electrons. The molecule has 0 heterocycles. The van der Waals surface area contributed by atoms with E-state index in [4.69, 9.17) is 4.74 Å². The first-order valence-electron chi connectivity index (χ1n) is 9.43. The summed E-state index contributed by atoms with van der Waals surface area (Å²) >= 11 is 0. The SMILES string of the molecule is CC(C)Oc1cccc(C(C)(O)CC(F)(F)C(F)(F)C(F)(F)C(F)(F)C(F)(F)C(F)(F)C(F)(F)F)c1. The number of halogens is 15. The van der Waals surface area contributed by atoms with Crippen molar-refractivity contribution in [2.45, 2.75) is 80.6 Å². The summed E-state index contributed by atoms with van der Waals surface area (Å²) in [5.41, 5.74) is -4.05. The van der Waals surface area contributed by atoms with Gasteiger partial charge in [-0.2, -0.15) is 65.9 Å². The Hall–Kier alpha value is -2.07. The maximum atomic E-state index is 14.2. The molecule has 0 saturated carbocycles. The maximum absolute atomic E-state index is 14.2. The highest BCUT2D eigenvalue weighted by atomic mass is 19.4. The third kappa shape index (κ3) is 5.03. The van der Waals surface area contributed by atoms with Gasteiger partial charge in [-0.05, 0) is 38.5 Å². The van der Waals surface area contributed by atoms with Gasteiger partial charge in [0, 0.05) is 0 Å². The van der Waals surface area contributed by atoms with Gasteiger partial charge in [-0.15, -0.1) is 0 Å². The van der Waals surface area contributed by atoms with E-state index >= 15 is 0 Å². The Labute approximate surface area is 193 Å². The zero-order valence-corrected chi connectivity index (χ0v) is 18.1. The molecule has 0 bridgehead atoms. The zero-order chi connectivity index (χ0) is 29.0. The van der Waals surface area contributed by atoms with Crippen LogP contribution in [-0.2, 0) is 5.60 Å². The van der Waals surface area contributed by atoms with E-state index in [0.717, 1.165) is 18.2 Å². The molecule has 1 aromatic carbocycles. The molecule has 0 spiro atoms. The van der Waals surface area contributed by atoms with E-state index in [1.54, 1.807) is 0 Å². The second-order valence-corrected chi connectivity index (χ2v) is 8.22. The predicted octanol–water partition coefficient (Wildman–Crippen LogP) is 7.45. The van der Waals surface area contributed by atoms with E-state index in [2.05, 4.69) is 0 Å². The van der Waals surface area contributed by atoms with Crippen LogP contribution >= 0.6 is 0 Å². The highest BCUT2D eigenvalue weighted by Crippen LogP contribution is 2.63. The van der Waals surface area contributed by atoms with Gasteiger partial charge in [0.25, 0.3) is 0 Å². The Morgan fingerprint density at radius 2 is 1.11 bits per heavy atom. The van der Waals surface area contributed by atoms with Crippen LogP contribution < -0.4 is 4.74 Å². The first-order chi connectivity index (χ1) is 15.6. The first kappa shape index (κ1) is 32.0. The number of hydrogen-bond acceptors (Lipinski definition) is 2. The van der Waals surface area contributed by atoms with Crippen LogP contribution in [0.2, 0.25) is 0 Å². The Morgan fingerprint density at radius 1 is 0.694 bits per heavy atom. The van der Waals surface area contributed by atoms with Gasteiger partial charge in [0.15, 0.2) is 0 Å². The summed E-state index contributed by atoms with van der Waals surface area (Å²) in [4.78, 5) is 0. The Balaban J connectivity index is 3.51. The lowest BCUT2D eigenvalue weighted by Crippen LogP contribution is -2.72. The molecule has 0 aromatic heterocycles. The van der Waals surface area contributed by atoms with Crippen LogP contribution in [0.25, 0.3) is 0 Å². The van der Waals surface area contributed by atoms with E-state index in [1.807, 2.05) is 0 Å². The molecule has 17 heteroatoms. The van der Waals surface area contributed by atoms with Crippen molar-refractivity contribution < 1.29 is 75.7 Å². The number of ether oxygens (including phenoxy) is 1. The summed E-state index contributed by atoms with van der Waals surface area (Å²) in [7, 11) is 0. The molecule has 0 fully saturated rings.